The summed E-state index contributed by atoms with van der Waals surface area (Å²) in [6.45, 7) is 10.9. The summed E-state index contributed by atoms with van der Waals surface area (Å²) in [4.78, 5) is 16.4. The summed E-state index contributed by atoms with van der Waals surface area (Å²) in [5, 5.41) is 2.87. The molecule has 172 valence electrons. The van der Waals surface area contributed by atoms with E-state index in [0.29, 0.717) is 6.04 Å². The summed E-state index contributed by atoms with van der Waals surface area (Å²) >= 11 is 0. The monoisotopic (exact) mass is 441 g/mol. The van der Waals surface area contributed by atoms with Crippen LogP contribution in [0.1, 0.15) is 53.5 Å². The molecule has 0 spiro atoms. The molecule has 1 atom stereocenters. The first-order valence-electron chi connectivity index (χ1n) is 11.5. The van der Waals surface area contributed by atoms with Crippen molar-refractivity contribution in [2.45, 2.75) is 53.5 Å². The topological polar surface area (TPSA) is 46.9 Å². The summed E-state index contributed by atoms with van der Waals surface area (Å²) in [5.41, 5.74) is 5.81. The molecule has 1 aliphatic carbocycles. The Morgan fingerprint density at radius 2 is 1.91 bits per heavy atom. The minimum Gasteiger partial charge on any atom is -0.330 e. The third-order valence-electron chi connectivity index (χ3n) is 6.21. The van der Waals surface area contributed by atoms with Gasteiger partial charge in [-0.3, -0.25) is 4.79 Å². The van der Waals surface area contributed by atoms with Crippen molar-refractivity contribution in [3.05, 3.63) is 108 Å². The van der Waals surface area contributed by atoms with Gasteiger partial charge in [0.15, 0.2) is 0 Å². The molecule has 1 amide bonds. The molecule has 0 fully saturated rings. The number of nitrogens with one attached hydrogen (secondary N) is 1. The smallest absolute Gasteiger partial charge is 0.248 e. The lowest BCUT2D eigenvalue weighted by Gasteiger charge is -2.37. The summed E-state index contributed by atoms with van der Waals surface area (Å²) < 4.78 is 2.22. The third-order valence-corrected chi connectivity index (χ3v) is 6.21. The van der Waals surface area contributed by atoms with E-state index in [1.807, 2.05) is 61.9 Å². The van der Waals surface area contributed by atoms with Crippen molar-refractivity contribution in [3.8, 4) is 0 Å². The SMILES string of the molecule is CC(C=CC1=C(C)C(n2ccnc2)CCC1(C)C)=CC=CC(C)=CC(=O)Nc1ccccc1. The Balaban J connectivity index is 1.66. The molecule has 2 aromatic rings. The van der Waals surface area contributed by atoms with Crippen molar-refractivity contribution in [2.24, 2.45) is 5.41 Å². The van der Waals surface area contributed by atoms with E-state index in [1.54, 1.807) is 6.08 Å². The van der Waals surface area contributed by atoms with E-state index in [4.69, 9.17) is 0 Å². The second kappa shape index (κ2) is 11.0. The highest BCUT2D eigenvalue weighted by Crippen LogP contribution is 2.45. The van der Waals surface area contributed by atoms with Crippen molar-refractivity contribution in [1.29, 1.82) is 0 Å². The molecule has 4 nitrogen and oxygen atoms in total. The van der Waals surface area contributed by atoms with Gasteiger partial charge in [0.1, 0.15) is 0 Å². The fourth-order valence-corrected chi connectivity index (χ4v) is 4.32. The van der Waals surface area contributed by atoms with Crippen LogP contribution >= 0.6 is 0 Å². The van der Waals surface area contributed by atoms with Crippen molar-refractivity contribution >= 4 is 11.6 Å². The Hall–Kier alpha value is -3.40. The number of hydrogen-bond acceptors (Lipinski definition) is 2. The zero-order valence-electron chi connectivity index (χ0n) is 20.4. The van der Waals surface area contributed by atoms with Crippen LogP contribution in [0.5, 0.6) is 0 Å². The van der Waals surface area contributed by atoms with Crippen LogP contribution in [0.2, 0.25) is 0 Å². The number of hydrogen-bond donors (Lipinski definition) is 1. The maximum absolute atomic E-state index is 12.1. The van der Waals surface area contributed by atoms with Gasteiger partial charge in [0, 0.05) is 24.2 Å². The van der Waals surface area contributed by atoms with Crippen LogP contribution in [-0.4, -0.2) is 15.5 Å². The summed E-state index contributed by atoms with van der Waals surface area (Å²) in [5.74, 6) is -0.127. The number of amides is 1. The molecular weight excluding hydrogens is 406 g/mol. The van der Waals surface area contributed by atoms with E-state index in [1.165, 1.54) is 11.1 Å². The summed E-state index contributed by atoms with van der Waals surface area (Å²) in [6, 6.07) is 9.84. The van der Waals surface area contributed by atoms with Crippen molar-refractivity contribution in [3.63, 3.8) is 0 Å². The van der Waals surface area contributed by atoms with Crippen LogP contribution < -0.4 is 5.32 Å². The fourth-order valence-electron chi connectivity index (χ4n) is 4.32. The van der Waals surface area contributed by atoms with Gasteiger partial charge in [-0.15, -0.1) is 0 Å². The molecule has 1 N–H and O–H groups in total. The predicted molar refractivity (Wildman–Crippen MR) is 138 cm³/mol. The maximum atomic E-state index is 12.1. The van der Waals surface area contributed by atoms with Crippen LogP contribution in [0.15, 0.2) is 108 Å². The quantitative estimate of drug-likeness (QED) is 0.365. The number of imidazole rings is 1. The molecule has 3 rings (SSSR count). The van der Waals surface area contributed by atoms with Crippen molar-refractivity contribution in [2.75, 3.05) is 5.32 Å². The summed E-state index contributed by atoms with van der Waals surface area (Å²) in [6.07, 6.45) is 20.2. The Kier molecular flexibility index (Phi) is 8.05. The zero-order chi connectivity index (χ0) is 23.8. The van der Waals surface area contributed by atoms with Gasteiger partial charge in [-0.25, -0.2) is 4.98 Å². The van der Waals surface area contributed by atoms with E-state index in [9.17, 15) is 4.79 Å². The second-order valence-corrected chi connectivity index (χ2v) is 9.39. The second-order valence-electron chi connectivity index (χ2n) is 9.39. The maximum Gasteiger partial charge on any atom is 0.248 e. The van der Waals surface area contributed by atoms with E-state index >= 15 is 0 Å². The van der Waals surface area contributed by atoms with Gasteiger partial charge in [0.25, 0.3) is 0 Å². The Morgan fingerprint density at radius 3 is 2.61 bits per heavy atom. The van der Waals surface area contributed by atoms with Crippen LogP contribution in [0.4, 0.5) is 5.69 Å². The van der Waals surface area contributed by atoms with Gasteiger partial charge in [-0.05, 0) is 67.9 Å². The molecular formula is C29H35N3O. The molecule has 0 aliphatic heterocycles. The van der Waals surface area contributed by atoms with E-state index in [0.717, 1.165) is 29.7 Å². The van der Waals surface area contributed by atoms with Gasteiger partial charge in [0.2, 0.25) is 5.91 Å². The minimum absolute atomic E-state index is 0.127. The molecule has 0 saturated carbocycles. The number of carbonyl (C=O) groups is 1. The predicted octanol–water partition coefficient (Wildman–Crippen LogP) is 7.20. The highest BCUT2D eigenvalue weighted by atomic mass is 16.1. The standard InChI is InChI=1S/C29H35N3O/c1-22(10-9-11-23(2)20-28(33)31-25-12-7-6-8-13-25)14-15-26-24(3)27(16-17-29(26,4)5)32-19-18-30-21-32/h6-15,18-21,27H,16-17H2,1-5H3,(H,31,33). The Labute approximate surface area is 198 Å². The van der Waals surface area contributed by atoms with Crippen LogP contribution in [0.25, 0.3) is 0 Å². The molecule has 0 bridgehead atoms. The molecule has 1 aliphatic rings. The Morgan fingerprint density at radius 1 is 1.15 bits per heavy atom. The zero-order valence-corrected chi connectivity index (χ0v) is 20.4. The molecule has 1 unspecified atom stereocenters. The average Bonchev–Trinajstić information content (AvgIpc) is 3.28. The molecule has 4 heteroatoms. The van der Waals surface area contributed by atoms with Crippen LogP contribution in [0, 0.1) is 5.41 Å². The highest BCUT2D eigenvalue weighted by Gasteiger charge is 2.32. The highest BCUT2D eigenvalue weighted by molar-refractivity contribution is 5.99. The lowest BCUT2D eigenvalue weighted by Crippen LogP contribution is -2.25. The number of aromatic nitrogens is 2. The van der Waals surface area contributed by atoms with E-state index in [2.05, 4.69) is 67.0 Å². The number of benzene rings is 1. The van der Waals surface area contributed by atoms with Crippen LogP contribution in [-0.2, 0) is 4.79 Å². The molecule has 1 aromatic heterocycles. The average molecular weight is 442 g/mol. The largest absolute Gasteiger partial charge is 0.330 e. The van der Waals surface area contributed by atoms with Gasteiger partial charge in [0.05, 0.1) is 12.4 Å². The molecule has 0 saturated heterocycles. The third kappa shape index (κ3) is 6.79. The molecule has 1 aromatic carbocycles. The first-order valence-corrected chi connectivity index (χ1v) is 11.5. The van der Waals surface area contributed by atoms with Crippen molar-refractivity contribution < 1.29 is 4.79 Å². The van der Waals surface area contributed by atoms with E-state index < -0.39 is 0 Å². The lowest BCUT2D eigenvalue weighted by molar-refractivity contribution is -0.111. The van der Waals surface area contributed by atoms with Crippen LogP contribution in [0.3, 0.4) is 0 Å². The van der Waals surface area contributed by atoms with Crippen molar-refractivity contribution in [1.82, 2.24) is 9.55 Å². The molecule has 33 heavy (non-hydrogen) atoms. The Bertz CT molecular complexity index is 1100. The van der Waals surface area contributed by atoms with Gasteiger partial charge in [-0.1, -0.05) is 68.0 Å². The lowest BCUT2D eigenvalue weighted by atomic mass is 9.71. The number of allylic oxidation sites excluding steroid dienone is 9. The van der Waals surface area contributed by atoms with E-state index in [-0.39, 0.29) is 11.3 Å². The number of rotatable bonds is 7. The number of carbonyl (C=O) groups excluding carboxylic acids is 1. The minimum atomic E-state index is -0.127. The number of nitrogens with zero attached hydrogens (tertiary/aromatic N) is 2. The summed E-state index contributed by atoms with van der Waals surface area (Å²) in [7, 11) is 0. The van der Waals surface area contributed by atoms with Gasteiger partial charge in [-0.2, -0.15) is 0 Å². The molecule has 1 heterocycles. The van der Waals surface area contributed by atoms with Gasteiger partial charge >= 0.3 is 0 Å². The fraction of sp³-hybridized carbons (Fsp3) is 0.310. The number of para-hydroxylation sites is 1. The number of anilines is 1. The first-order chi connectivity index (χ1) is 15.8. The first kappa shape index (κ1) is 24.2. The van der Waals surface area contributed by atoms with Gasteiger partial charge < -0.3 is 9.88 Å². The molecule has 0 radical (unpaired) electrons. The normalized spacial score (nSPS) is 19.5.